The summed E-state index contributed by atoms with van der Waals surface area (Å²) in [5, 5.41) is 14.1. The van der Waals surface area contributed by atoms with Gasteiger partial charge in [-0.05, 0) is 12.1 Å². The second-order valence-corrected chi connectivity index (χ2v) is 5.65. The largest absolute Gasteiger partial charge is 0.389 e. The molecule has 1 aromatic rings. The lowest BCUT2D eigenvalue weighted by Gasteiger charge is -2.24. The van der Waals surface area contributed by atoms with Crippen LogP contribution in [0.1, 0.15) is 12.8 Å². The number of rotatable bonds is 2. The van der Waals surface area contributed by atoms with Gasteiger partial charge in [-0.25, -0.2) is 5.43 Å². The lowest BCUT2D eigenvalue weighted by molar-refractivity contribution is -0.125. The van der Waals surface area contributed by atoms with Crippen molar-refractivity contribution in [1.29, 1.82) is 0 Å². The molecule has 23 heavy (non-hydrogen) atoms. The third-order valence-corrected chi connectivity index (χ3v) is 3.97. The first-order valence-corrected chi connectivity index (χ1v) is 7.61. The van der Waals surface area contributed by atoms with Crippen molar-refractivity contribution in [3.05, 3.63) is 24.5 Å². The summed E-state index contributed by atoms with van der Waals surface area (Å²) in [5.74, 6) is -0.401. The predicted octanol–water partition coefficient (Wildman–Crippen LogP) is -0.643. The summed E-state index contributed by atoms with van der Waals surface area (Å²) in [4.78, 5) is 31.2. The summed E-state index contributed by atoms with van der Waals surface area (Å²) in [7, 11) is 0. The van der Waals surface area contributed by atoms with Crippen molar-refractivity contribution in [3.8, 4) is 0 Å². The summed E-state index contributed by atoms with van der Waals surface area (Å²) < 4.78 is 0. The minimum absolute atomic E-state index is 0.179. The highest BCUT2D eigenvalue weighted by Gasteiger charge is 2.28. The second kappa shape index (κ2) is 6.74. The van der Waals surface area contributed by atoms with Crippen molar-refractivity contribution in [2.24, 2.45) is 5.10 Å². The smallest absolute Gasteiger partial charge is 0.270 e. The normalized spacial score (nSPS) is 22.2. The molecule has 122 valence electrons. The third kappa shape index (κ3) is 3.65. The van der Waals surface area contributed by atoms with Crippen LogP contribution in [-0.2, 0) is 9.59 Å². The molecule has 0 aromatic carbocycles. The number of carbonyl (C=O) groups excluding carboxylic acids is 2. The minimum Gasteiger partial charge on any atom is -0.389 e. The topological polar surface area (TPSA) is 98.1 Å². The van der Waals surface area contributed by atoms with E-state index in [1.807, 2.05) is 17.0 Å². The van der Waals surface area contributed by atoms with Crippen LogP contribution in [0.15, 0.2) is 29.6 Å². The Kier molecular flexibility index (Phi) is 4.52. The lowest BCUT2D eigenvalue weighted by atomic mass is 10.1. The van der Waals surface area contributed by atoms with E-state index in [0.29, 0.717) is 31.8 Å². The van der Waals surface area contributed by atoms with E-state index >= 15 is 0 Å². The van der Waals surface area contributed by atoms with Crippen molar-refractivity contribution in [2.75, 3.05) is 31.1 Å². The Hall–Kier alpha value is -2.48. The number of nitrogens with zero attached hydrogens (tertiary/aromatic N) is 4. The molecule has 8 heteroatoms. The van der Waals surface area contributed by atoms with Crippen LogP contribution >= 0.6 is 0 Å². The molecule has 0 aliphatic carbocycles. The number of aliphatic hydroxyl groups excluding tert-OH is 1. The fourth-order valence-electron chi connectivity index (χ4n) is 2.78. The zero-order chi connectivity index (χ0) is 16.2. The Morgan fingerprint density at radius 1 is 1.22 bits per heavy atom. The number of hydrazone groups is 1. The highest BCUT2D eigenvalue weighted by molar-refractivity contribution is 6.39. The summed E-state index contributed by atoms with van der Waals surface area (Å²) in [6.07, 6.45) is 3.37. The Labute approximate surface area is 133 Å². The number of β-amino-alcohol motifs (C(OH)–C–C–N with tert-alkyl or cyclic N) is 1. The molecule has 1 fully saturated rings. The molecule has 1 saturated heterocycles. The van der Waals surface area contributed by atoms with Crippen molar-refractivity contribution in [3.63, 3.8) is 0 Å². The van der Waals surface area contributed by atoms with Gasteiger partial charge in [0.15, 0.2) is 0 Å². The van der Waals surface area contributed by atoms with Crippen LogP contribution < -0.4 is 10.3 Å². The van der Waals surface area contributed by atoms with Crippen molar-refractivity contribution >= 4 is 23.2 Å². The Balaban J connectivity index is 1.69. The molecule has 3 heterocycles. The number of nitrogens with one attached hydrogen (secondary N) is 1. The molecule has 0 bridgehead atoms. The molecule has 2 aliphatic heterocycles. The van der Waals surface area contributed by atoms with Crippen molar-refractivity contribution < 1.29 is 14.7 Å². The molecule has 0 saturated carbocycles. The van der Waals surface area contributed by atoms with Crippen LogP contribution in [-0.4, -0.2) is 64.8 Å². The number of amides is 2. The van der Waals surface area contributed by atoms with E-state index < -0.39 is 6.10 Å². The fraction of sp³-hybridized carbons (Fsp3) is 0.467. The maximum absolute atomic E-state index is 12.5. The molecule has 2 N–H and O–H groups in total. The number of pyridine rings is 1. The summed E-state index contributed by atoms with van der Waals surface area (Å²) in [5.41, 5.74) is 3.65. The molecule has 1 atom stereocenters. The maximum Gasteiger partial charge on any atom is 0.270 e. The van der Waals surface area contributed by atoms with Gasteiger partial charge >= 0.3 is 0 Å². The number of anilines is 1. The van der Waals surface area contributed by atoms with Gasteiger partial charge in [-0.1, -0.05) is 0 Å². The first kappa shape index (κ1) is 15.4. The molecule has 8 nitrogen and oxygen atoms in total. The molecule has 2 aliphatic rings. The first-order valence-electron chi connectivity index (χ1n) is 7.61. The minimum atomic E-state index is -0.645. The zero-order valence-electron chi connectivity index (χ0n) is 12.7. The van der Waals surface area contributed by atoms with E-state index in [9.17, 15) is 14.7 Å². The van der Waals surface area contributed by atoms with E-state index in [1.54, 1.807) is 17.3 Å². The average Bonchev–Trinajstić information content (AvgIpc) is 2.77. The van der Waals surface area contributed by atoms with Crippen molar-refractivity contribution in [1.82, 2.24) is 15.3 Å². The summed E-state index contributed by atoms with van der Waals surface area (Å²) in [6.45, 7) is 1.82. The maximum atomic E-state index is 12.5. The Morgan fingerprint density at radius 3 is 2.70 bits per heavy atom. The fourth-order valence-corrected chi connectivity index (χ4v) is 2.78. The highest BCUT2D eigenvalue weighted by Crippen LogP contribution is 2.16. The van der Waals surface area contributed by atoms with E-state index in [0.717, 1.165) is 5.69 Å². The van der Waals surface area contributed by atoms with E-state index in [-0.39, 0.29) is 24.8 Å². The van der Waals surface area contributed by atoms with Crippen LogP contribution in [0.25, 0.3) is 0 Å². The molecule has 0 spiro atoms. The van der Waals surface area contributed by atoms with Gasteiger partial charge in [-0.15, -0.1) is 0 Å². The van der Waals surface area contributed by atoms with Gasteiger partial charge in [-0.3, -0.25) is 14.6 Å². The Morgan fingerprint density at radius 2 is 2.00 bits per heavy atom. The van der Waals surface area contributed by atoms with E-state index in [1.165, 1.54) is 0 Å². The van der Waals surface area contributed by atoms with Crippen LogP contribution in [0.2, 0.25) is 0 Å². The molecule has 1 aromatic heterocycles. The number of hydrogen-bond acceptors (Lipinski definition) is 6. The van der Waals surface area contributed by atoms with Crippen LogP contribution in [0.5, 0.6) is 0 Å². The lowest BCUT2D eigenvalue weighted by Crippen LogP contribution is -2.43. The van der Waals surface area contributed by atoms with E-state index in [4.69, 9.17) is 0 Å². The molecule has 0 radical (unpaired) electrons. The molecule has 2 amide bonds. The zero-order valence-corrected chi connectivity index (χ0v) is 12.7. The van der Waals surface area contributed by atoms with Crippen LogP contribution in [0, 0.1) is 0 Å². The van der Waals surface area contributed by atoms with Gasteiger partial charge in [-0.2, -0.15) is 5.10 Å². The van der Waals surface area contributed by atoms with Crippen LogP contribution in [0.3, 0.4) is 0 Å². The van der Waals surface area contributed by atoms with Gasteiger partial charge in [0.2, 0.25) is 5.91 Å². The number of aromatic nitrogens is 1. The average molecular weight is 317 g/mol. The van der Waals surface area contributed by atoms with Gasteiger partial charge in [0, 0.05) is 57.1 Å². The summed E-state index contributed by atoms with van der Waals surface area (Å²) in [6, 6.07) is 3.76. The van der Waals surface area contributed by atoms with Gasteiger partial charge in [0.1, 0.15) is 5.71 Å². The van der Waals surface area contributed by atoms with Crippen LogP contribution in [0.4, 0.5) is 5.69 Å². The second-order valence-electron chi connectivity index (χ2n) is 5.65. The first-order chi connectivity index (χ1) is 11.1. The number of aliphatic hydroxyl groups is 1. The van der Waals surface area contributed by atoms with E-state index in [2.05, 4.69) is 15.5 Å². The SMILES string of the molecule is O=C1CCC(C(=O)N2CCN(c3ccncc3)C[C@H](O)C2)=NN1. The van der Waals surface area contributed by atoms with Gasteiger partial charge in [0.05, 0.1) is 6.10 Å². The van der Waals surface area contributed by atoms with Crippen molar-refractivity contribution in [2.45, 2.75) is 18.9 Å². The molecule has 3 rings (SSSR count). The number of hydrogen-bond donors (Lipinski definition) is 2. The third-order valence-electron chi connectivity index (χ3n) is 3.97. The standard InChI is InChI=1S/C15H19N5O3/c21-12-9-19(11-3-5-16-6-4-11)7-8-20(10-12)15(23)13-1-2-14(22)18-17-13/h3-6,12,21H,1-2,7-10H2,(H,18,22)/t12-/m0/s1. The number of carbonyl (C=O) groups is 2. The summed E-state index contributed by atoms with van der Waals surface area (Å²) >= 11 is 0. The molecular weight excluding hydrogens is 298 g/mol. The van der Waals surface area contributed by atoms with Gasteiger partial charge < -0.3 is 14.9 Å². The monoisotopic (exact) mass is 317 g/mol. The highest BCUT2D eigenvalue weighted by atomic mass is 16.3. The predicted molar refractivity (Wildman–Crippen MR) is 83.8 cm³/mol. The molecular formula is C15H19N5O3. The Bertz CT molecular complexity index is 619. The van der Waals surface area contributed by atoms with Gasteiger partial charge in [0.25, 0.3) is 5.91 Å². The quantitative estimate of drug-likeness (QED) is 0.756. The molecule has 0 unspecified atom stereocenters.